The summed E-state index contributed by atoms with van der Waals surface area (Å²) in [5.41, 5.74) is 11.8. The van der Waals surface area contributed by atoms with Crippen LogP contribution in [0.15, 0.2) is 119 Å². The summed E-state index contributed by atoms with van der Waals surface area (Å²) >= 11 is -2.57. The Morgan fingerprint density at radius 2 is 1.12 bits per heavy atom. The number of halogens is 2. The van der Waals surface area contributed by atoms with Gasteiger partial charge in [0.15, 0.2) is 0 Å². The summed E-state index contributed by atoms with van der Waals surface area (Å²) < 4.78 is 3.84. The van der Waals surface area contributed by atoms with Crippen molar-refractivity contribution in [3.05, 3.63) is 152 Å². The third-order valence-electron chi connectivity index (χ3n) is 8.63. The molecule has 0 heterocycles. The summed E-state index contributed by atoms with van der Waals surface area (Å²) in [6, 6.07) is 37.9. The molecule has 3 heteroatoms. The smallest absolute Gasteiger partial charge is 1.00 e. The molecule has 42 heavy (non-hydrogen) atoms. The van der Waals surface area contributed by atoms with Gasteiger partial charge in [0.2, 0.25) is 0 Å². The van der Waals surface area contributed by atoms with Gasteiger partial charge in [-0.3, -0.25) is 0 Å². The fourth-order valence-corrected chi connectivity index (χ4v) is 15.6. The first-order chi connectivity index (χ1) is 19.8. The zero-order valence-corrected chi connectivity index (χ0v) is 28.7. The van der Waals surface area contributed by atoms with Gasteiger partial charge in [-0.05, 0) is 0 Å². The maximum atomic E-state index is 2.48. The third-order valence-corrected chi connectivity index (χ3v) is 16.9. The monoisotopic (exact) mass is 668 g/mol. The molecule has 0 aliphatic heterocycles. The molecule has 0 nitrogen and oxygen atoms in total. The van der Waals surface area contributed by atoms with Crippen LogP contribution in [0.5, 0.6) is 0 Å². The van der Waals surface area contributed by atoms with Gasteiger partial charge < -0.3 is 24.8 Å². The second-order valence-corrected chi connectivity index (χ2v) is 17.6. The molecule has 0 bridgehead atoms. The van der Waals surface area contributed by atoms with Crippen LogP contribution in [0.3, 0.4) is 0 Å². The molecule has 0 saturated carbocycles. The van der Waals surface area contributed by atoms with Crippen LogP contribution in [0.2, 0.25) is 0 Å². The largest absolute Gasteiger partial charge is 1.00 e. The molecule has 2 aliphatic carbocycles. The predicted molar refractivity (Wildman–Crippen MR) is 169 cm³/mol. The van der Waals surface area contributed by atoms with Crippen LogP contribution < -0.4 is 24.8 Å². The summed E-state index contributed by atoms with van der Waals surface area (Å²) in [6.45, 7) is 4.56. The molecular weight excluding hydrogens is 631 g/mol. The van der Waals surface area contributed by atoms with Crippen LogP contribution in [0.1, 0.15) is 83.0 Å². The van der Waals surface area contributed by atoms with Crippen molar-refractivity contribution in [1.82, 2.24) is 0 Å². The zero-order chi connectivity index (χ0) is 27.3. The van der Waals surface area contributed by atoms with E-state index in [0.717, 1.165) is 6.42 Å². The number of benzene rings is 4. The third kappa shape index (κ3) is 6.75. The number of fused-ring (bicyclic) bond motifs is 3. The van der Waals surface area contributed by atoms with Crippen molar-refractivity contribution < 1.29 is 46.1 Å². The minimum atomic E-state index is -2.57. The second kappa shape index (κ2) is 15.4. The fraction of sp³-hybridized carbons (Fsp3) is 0.256. The van der Waals surface area contributed by atoms with Crippen LogP contribution in [0.4, 0.5) is 0 Å². The van der Waals surface area contributed by atoms with Crippen molar-refractivity contribution in [3.63, 3.8) is 0 Å². The molecule has 214 valence electrons. The van der Waals surface area contributed by atoms with E-state index < -0.39 is 21.3 Å². The van der Waals surface area contributed by atoms with Crippen molar-refractivity contribution in [3.8, 4) is 11.1 Å². The molecular formula is C39H40Cl2Zr. The van der Waals surface area contributed by atoms with Gasteiger partial charge in [-0.25, -0.2) is 0 Å². The summed E-state index contributed by atoms with van der Waals surface area (Å²) in [5.74, 6) is 0. The van der Waals surface area contributed by atoms with E-state index in [4.69, 9.17) is 0 Å². The molecule has 2 aliphatic rings. The molecule has 0 saturated heterocycles. The van der Waals surface area contributed by atoms with Crippen molar-refractivity contribution in [2.75, 3.05) is 0 Å². The Balaban J connectivity index is 0.00000202. The van der Waals surface area contributed by atoms with Crippen LogP contribution >= 0.6 is 0 Å². The Labute approximate surface area is 273 Å². The Morgan fingerprint density at radius 3 is 1.55 bits per heavy atom. The predicted octanol–water partition coefficient (Wildman–Crippen LogP) is 4.18. The molecule has 4 aromatic rings. The first-order valence-electron chi connectivity index (χ1n) is 15.3. The summed E-state index contributed by atoms with van der Waals surface area (Å²) in [7, 11) is 0. The van der Waals surface area contributed by atoms with Gasteiger partial charge in [0.1, 0.15) is 0 Å². The van der Waals surface area contributed by atoms with E-state index in [1.807, 2.05) is 0 Å². The normalized spacial score (nSPS) is 12.8. The molecule has 0 amide bonds. The SMILES string of the molecule is CCCCc1ccc([C](c2ccc(CCCC)cc2)=[Zr+2]([C]2=CC=CC2)[CH]2c3ccccc3-c3ccccc32)cc1.[Cl-].[Cl-]. The van der Waals surface area contributed by atoms with Crippen LogP contribution in [0.25, 0.3) is 11.1 Å². The molecule has 6 rings (SSSR count). The van der Waals surface area contributed by atoms with Crippen molar-refractivity contribution in [2.45, 2.75) is 62.4 Å². The van der Waals surface area contributed by atoms with Gasteiger partial charge in [-0.15, -0.1) is 0 Å². The average molecular weight is 671 g/mol. The van der Waals surface area contributed by atoms with Crippen LogP contribution in [0, 0.1) is 0 Å². The maximum Gasteiger partial charge on any atom is -1.00 e. The number of allylic oxidation sites excluding steroid dienone is 4. The molecule has 0 fully saturated rings. The van der Waals surface area contributed by atoms with Crippen molar-refractivity contribution in [1.29, 1.82) is 0 Å². The maximum absolute atomic E-state index is 2.57. The minimum absolute atomic E-state index is 0. The van der Waals surface area contributed by atoms with Crippen LogP contribution in [-0.2, 0) is 34.1 Å². The number of rotatable bonds is 10. The van der Waals surface area contributed by atoms with E-state index in [1.54, 1.807) is 17.6 Å². The van der Waals surface area contributed by atoms with Crippen LogP contribution in [-0.4, -0.2) is 3.21 Å². The molecule has 0 unspecified atom stereocenters. The number of hydrogen-bond donors (Lipinski definition) is 0. The van der Waals surface area contributed by atoms with Crippen molar-refractivity contribution in [2.24, 2.45) is 0 Å². The van der Waals surface area contributed by atoms with Gasteiger partial charge in [0, 0.05) is 0 Å². The fourth-order valence-electron chi connectivity index (χ4n) is 6.52. The molecule has 0 atom stereocenters. The first-order valence-corrected chi connectivity index (χ1v) is 19.1. The van der Waals surface area contributed by atoms with Gasteiger partial charge in [0.05, 0.1) is 0 Å². The number of aryl methyl sites for hydroxylation is 2. The van der Waals surface area contributed by atoms with Crippen molar-refractivity contribution >= 4 is 3.21 Å². The molecule has 0 N–H and O–H groups in total. The molecule has 0 spiro atoms. The second-order valence-electron chi connectivity index (χ2n) is 11.3. The van der Waals surface area contributed by atoms with E-state index in [0.29, 0.717) is 3.63 Å². The van der Waals surface area contributed by atoms with E-state index in [1.165, 1.54) is 71.9 Å². The Kier molecular flexibility index (Phi) is 12.0. The minimum Gasteiger partial charge on any atom is -1.00 e. The summed E-state index contributed by atoms with van der Waals surface area (Å²) in [4.78, 5) is 0. The summed E-state index contributed by atoms with van der Waals surface area (Å²) in [6.07, 6.45) is 15.6. The van der Waals surface area contributed by atoms with E-state index in [9.17, 15) is 0 Å². The molecule has 0 aromatic heterocycles. The topological polar surface area (TPSA) is 0 Å². The molecule has 0 radical (unpaired) electrons. The Morgan fingerprint density at radius 1 is 0.643 bits per heavy atom. The first kappa shape index (κ1) is 32.6. The molecule has 4 aromatic carbocycles. The van der Waals surface area contributed by atoms with Gasteiger partial charge in [0.25, 0.3) is 0 Å². The standard InChI is InChI=1S/C21H26.C13H9.C5H5.2ClH.Zr/c1-3-5-7-18-9-13-20(14-10-18)17-21-15-11-19(12-16-21)8-6-4-2;1-3-7-12-10(5-1)9-11-6-2-4-8-13(11)12;1-2-4-5-3-1;;;/h9-16H,3-8H2,1-2H3;1-9H;1-3H,4H2;2*1H;/q;;;;;+2/p-2. The summed E-state index contributed by atoms with van der Waals surface area (Å²) in [5, 5.41) is 0. The number of unbranched alkanes of at least 4 members (excludes halogenated alkanes) is 2. The quantitative estimate of drug-likeness (QED) is 0.238. The Bertz CT molecular complexity index is 1480. The van der Waals surface area contributed by atoms with E-state index in [2.05, 4.69) is 129 Å². The number of hydrogen-bond acceptors (Lipinski definition) is 0. The van der Waals surface area contributed by atoms with Gasteiger partial charge in [-0.1, -0.05) is 0 Å². The Hall–Kier alpha value is -2.31. The zero-order valence-electron chi connectivity index (χ0n) is 24.8. The van der Waals surface area contributed by atoms with E-state index in [-0.39, 0.29) is 24.8 Å². The van der Waals surface area contributed by atoms with Gasteiger partial charge in [-0.2, -0.15) is 0 Å². The van der Waals surface area contributed by atoms with Gasteiger partial charge >= 0.3 is 250 Å². The van der Waals surface area contributed by atoms with E-state index >= 15 is 0 Å². The average Bonchev–Trinajstić information content (AvgIpc) is 3.66.